The second kappa shape index (κ2) is 9.31. The summed E-state index contributed by atoms with van der Waals surface area (Å²) in [5.41, 5.74) is 2.08. The molecule has 1 aliphatic rings. The molecule has 1 aliphatic heterocycles. The van der Waals surface area contributed by atoms with Crippen LogP contribution in [0.15, 0.2) is 48.5 Å². The molecule has 7 heteroatoms. The van der Waals surface area contributed by atoms with Gasteiger partial charge in [0.25, 0.3) is 5.91 Å². The molecule has 0 aliphatic carbocycles. The summed E-state index contributed by atoms with van der Waals surface area (Å²) in [4.78, 5) is 14.6. The van der Waals surface area contributed by atoms with Crippen molar-refractivity contribution < 1.29 is 22.7 Å². The van der Waals surface area contributed by atoms with Gasteiger partial charge < -0.3 is 14.4 Å². The molecule has 1 atom stereocenters. The molecule has 3 rings (SSSR count). The molecule has 2 aromatic carbocycles. The first-order valence-corrected chi connectivity index (χ1v) is 11.6. The van der Waals surface area contributed by atoms with E-state index in [2.05, 4.69) is 6.92 Å². The number of benzene rings is 2. The van der Waals surface area contributed by atoms with Crippen LogP contribution in [0.25, 0.3) is 0 Å². The maximum atomic E-state index is 13.0. The summed E-state index contributed by atoms with van der Waals surface area (Å²) >= 11 is 0. The minimum atomic E-state index is -3.11. The summed E-state index contributed by atoms with van der Waals surface area (Å²) in [6, 6.07) is 14.7. The minimum absolute atomic E-state index is 0.00605. The molecule has 0 aromatic heterocycles. The third kappa shape index (κ3) is 5.73. The van der Waals surface area contributed by atoms with E-state index in [1.807, 2.05) is 48.5 Å². The zero-order valence-electron chi connectivity index (χ0n) is 16.8. The summed E-state index contributed by atoms with van der Waals surface area (Å²) < 4.78 is 34.9. The lowest BCUT2D eigenvalue weighted by molar-refractivity contribution is -0.136. The molecular formula is C22H27NO5S. The molecule has 1 amide bonds. The van der Waals surface area contributed by atoms with E-state index in [1.54, 1.807) is 12.0 Å². The van der Waals surface area contributed by atoms with E-state index in [4.69, 9.17) is 9.47 Å². The van der Waals surface area contributed by atoms with Crippen molar-refractivity contribution in [3.8, 4) is 11.5 Å². The van der Waals surface area contributed by atoms with Gasteiger partial charge in [0.05, 0.1) is 18.6 Å². The van der Waals surface area contributed by atoms with Gasteiger partial charge in [0.2, 0.25) is 0 Å². The minimum Gasteiger partial charge on any atom is -0.497 e. The van der Waals surface area contributed by atoms with E-state index in [0.29, 0.717) is 24.5 Å². The van der Waals surface area contributed by atoms with Crippen LogP contribution in [0.2, 0.25) is 0 Å². The normalized spacial score (nSPS) is 17.7. The Labute approximate surface area is 172 Å². The molecule has 156 valence electrons. The van der Waals surface area contributed by atoms with E-state index in [1.165, 1.54) is 5.56 Å². The van der Waals surface area contributed by atoms with Crippen LogP contribution < -0.4 is 9.47 Å². The highest BCUT2D eigenvalue weighted by Gasteiger charge is 2.34. The number of rotatable bonds is 8. The maximum Gasteiger partial charge on any atom is 0.261 e. The van der Waals surface area contributed by atoms with Crippen LogP contribution >= 0.6 is 0 Å². The van der Waals surface area contributed by atoms with E-state index in [0.717, 1.165) is 12.0 Å². The molecule has 0 spiro atoms. The monoisotopic (exact) mass is 417 g/mol. The van der Waals surface area contributed by atoms with Crippen molar-refractivity contribution in [3.63, 3.8) is 0 Å². The Hall–Kier alpha value is -2.54. The lowest BCUT2D eigenvalue weighted by Crippen LogP contribution is -2.43. The topological polar surface area (TPSA) is 72.9 Å². The van der Waals surface area contributed by atoms with Crippen molar-refractivity contribution in [3.05, 3.63) is 59.7 Å². The molecule has 29 heavy (non-hydrogen) atoms. The second-order valence-corrected chi connectivity index (χ2v) is 9.44. The number of aryl methyl sites for hydroxylation is 1. The van der Waals surface area contributed by atoms with E-state index < -0.39 is 9.84 Å². The Bertz CT molecular complexity index is 940. The quantitative estimate of drug-likeness (QED) is 0.660. The van der Waals surface area contributed by atoms with Crippen LogP contribution in [0.1, 0.15) is 24.5 Å². The van der Waals surface area contributed by atoms with Gasteiger partial charge in [-0.15, -0.1) is 0 Å². The van der Waals surface area contributed by atoms with Crippen molar-refractivity contribution in [2.45, 2.75) is 32.4 Å². The largest absolute Gasteiger partial charge is 0.497 e. The first-order valence-electron chi connectivity index (χ1n) is 9.75. The molecule has 2 aromatic rings. The molecule has 0 saturated carbocycles. The predicted octanol–water partition coefficient (Wildman–Crippen LogP) is 2.85. The lowest BCUT2D eigenvalue weighted by atomic mass is 10.1. The first-order chi connectivity index (χ1) is 13.9. The van der Waals surface area contributed by atoms with Crippen LogP contribution in [0.3, 0.4) is 0 Å². The van der Waals surface area contributed by atoms with Gasteiger partial charge >= 0.3 is 0 Å². The summed E-state index contributed by atoms with van der Waals surface area (Å²) in [6.45, 7) is 2.26. The van der Waals surface area contributed by atoms with Crippen LogP contribution in [0, 0.1) is 0 Å². The standard InChI is InChI=1S/C22H27NO5S/c1-3-17-7-9-20(10-8-17)28-15-22(24)23(19-11-12-29(25,26)16-19)14-18-5-4-6-21(13-18)27-2/h4-10,13,19H,3,11-12,14-16H2,1-2H3/t19-/m1/s1. The number of carbonyl (C=O) groups excluding carboxylic acids is 1. The molecule has 1 saturated heterocycles. The highest BCUT2D eigenvalue weighted by atomic mass is 32.2. The Morgan fingerprint density at radius 2 is 1.86 bits per heavy atom. The predicted molar refractivity (Wildman–Crippen MR) is 112 cm³/mol. The fraction of sp³-hybridized carbons (Fsp3) is 0.409. The van der Waals surface area contributed by atoms with Gasteiger partial charge in [0.1, 0.15) is 11.5 Å². The molecule has 0 radical (unpaired) electrons. The highest BCUT2D eigenvalue weighted by Crippen LogP contribution is 2.22. The number of carbonyl (C=O) groups is 1. The fourth-order valence-corrected chi connectivity index (χ4v) is 5.19. The van der Waals surface area contributed by atoms with Gasteiger partial charge in [-0.05, 0) is 48.2 Å². The highest BCUT2D eigenvalue weighted by molar-refractivity contribution is 7.91. The Kier molecular flexibility index (Phi) is 6.79. The van der Waals surface area contributed by atoms with Gasteiger partial charge in [-0.1, -0.05) is 31.2 Å². The zero-order valence-corrected chi connectivity index (χ0v) is 17.7. The number of hydrogen-bond acceptors (Lipinski definition) is 5. The average Bonchev–Trinajstić information content (AvgIpc) is 3.10. The number of hydrogen-bond donors (Lipinski definition) is 0. The molecular weight excluding hydrogens is 390 g/mol. The molecule has 0 unspecified atom stereocenters. The molecule has 6 nitrogen and oxygen atoms in total. The van der Waals surface area contributed by atoms with E-state index in [-0.39, 0.29) is 30.1 Å². The zero-order chi connectivity index (χ0) is 20.9. The maximum absolute atomic E-state index is 13.0. The Balaban J connectivity index is 1.73. The third-order valence-electron chi connectivity index (χ3n) is 5.15. The lowest BCUT2D eigenvalue weighted by Gasteiger charge is -2.28. The first kappa shape index (κ1) is 21.2. The molecule has 1 heterocycles. The smallest absolute Gasteiger partial charge is 0.261 e. The average molecular weight is 418 g/mol. The van der Waals surface area contributed by atoms with Crippen LogP contribution in [0.4, 0.5) is 0 Å². The second-order valence-electron chi connectivity index (χ2n) is 7.22. The van der Waals surface area contributed by atoms with Crippen LogP contribution in [-0.2, 0) is 27.6 Å². The number of amides is 1. The van der Waals surface area contributed by atoms with E-state index in [9.17, 15) is 13.2 Å². The van der Waals surface area contributed by atoms with E-state index >= 15 is 0 Å². The summed E-state index contributed by atoms with van der Waals surface area (Å²) in [6.07, 6.45) is 1.38. The molecule has 1 fully saturated rings. The van der Waals surface area contributed by atoms with Crippen molar-refractivity contribution in [2.75, 3.05) is 25.2 Å². The van der Waals surface area contributed by atoms with Gasteiger partial charge in [0, 0.05) is 12.6 Å². The molecule has 0 bridgehead atoms. The van der Waals surface area contributed by atoms with Crippen molar-refractivity contribution >= 4 is 15.7 Å². The summed E-state index contributed by atoms with van der Waals surface area (Å²) in [5, 5.41) is 0. The van der Waals surface area contributed by atoms with Gasteiger partial charge in [-0.2, -0.15) is 0 Å². The van der Waals surface area contributed by atoms with Crippen molar-refractivity contribution in [1.82, 2.24) is 4.90 Å². The third-order valence-corrected chi connectivity index (χ3v) is 6.90. The van der Waals surface area contributed by atoms with Crippen molar-refractivity contribution in [2.24, 2.45) is 0 Å². The van der Waals surface area contributed by atoms with Crippen LogP contribution in [0.5, 0.6) is 11.5 Å². The van der Waals surface area contributed by atoms with Gasteiger partial charge in [0.15, 0.2) is 16.4 Å². The molecule has 0 N–H and O–H groups in total. The van der Waals surface area contributed by atoms with Crippen LogP contribution in [-0.4, -0.2) is 50.5 Å². The Morgan fingerprint density at radius 3 is 2.48 bits per heavy atom. The summed E-state index contributed by atoms with van der Waals surface area (Å²) in [7, 11) is -1.53. The summed E-state index contributed by atoms with van der Waals surface area (Å²) in [5.74, 6) is 1.19. The van der Waals surface area contributed by atoms with Gasteiger partial charge in [-0.25, -0.2) is 8.42 Å². The number of methoxy groups -OCH3 is 1. The number of ether oxygens (including phenoxy) is 2. The number of nitrogens with zero attached hydrogens (tertiary/aromatic N) is 1. The number of sulfone groups is 1. The SMILES string of the molecule is CCc1ccc(OCC(=O)N(Cc2cccc(OC)c2)[C@@H]2CCS(=O)(=O)C2)cc1. The Morgan fingerprint density at radius 1 is 1.10 bits per heavy atom. The van der Waals surface area contributed by atoms with Gasteiger partial charge in [-0.3, -0.25) is 4.79 Å². The van der Waals surface area contributed by atoms with Crippen molar-refractivity contribution in [1.29, 1.82) is 0 Å². The fourth-order valence-electron chi connectivity index (χ4n) is 3.46.